The van der Waals surface area contributed by atoms with E-state index in [1.54, 1.807) is 18.7 Å². The third-order valence-electron chi connectivity index (χ3n) is 7.08. The fourth-order valence-electron chi connectivity index (χ4n) is 5.07. The Bertz CT molecular complexity index is 1070. The molecule has 2 N–H and O–H groups in total. The molecule has 0 radical (unpaired) electrons. The number of benzene rings is 2. The number of carboxylic acids is 1. The van der Waals surface area contributed by atoms with E-state index in [1.807, 2.05) is 24.3 Å². The van der Waals surface area contributed by atoms with Gasteiger partial charge in [0.25, 0.3) is 0 Å². The fraction of sp³-hybridized carbons (Fsp3) is 0.444. The predicted molar refractivity (Wildman–Crippen MR) is 130 cm³/mol. The van der Waals surface area contributed by atoms with Crippen LogP contribution in [0.1, 0.15) is 50.2 Å². The van der Waals surface area contributed by atoms with E-state index in [9.17, 15) is 19.5 Å². The summed E-state index contributed by atoms with van der Waals surface area (Å²) < 4.78 is 10.8. The third kappa shape index (κ3) is 5.03. The Hall–Kier alpha value is -3.39. The Morgan fingerprint density at radius 3 is 2.09 bits per heavy atom. The quantitative estimate of drug-likeness (QED) is 0.625. The molecule has 1 heterocycles. The van der Waals surface area contributed by atoms with Crippen LogP contribution in [0.4, 0.5) is 4.79 Å². The highest BCUT2D eigenvalue weighted by Crippen LogP contribution is 2.44. The van der Waals surface area contributed by atoms with Gasteiger partial charge in [-0.2, -0.15) is 0 Å². The molecule has 0 atom stereocenters. The summed E-state index contributed by atoms with van der Waals surface area (Å²) in [6.45, 7) is 4.32. The zero-order chi connectivity index (χ0) is 25.2. The number of likely N-dealkylation sites (tertiary alicyclic amines) is 1. The third-order valence-corrected chi connectivity index (χ3v) is 7.08. The summed E-state index contributed by atoms with van der Waals surface area (Å²) in [5.74, 6) is -1.20. The van der Waals surface area contributed by atoms with Crippen LogP contribution in [0.5, 0.6) is 0 Å². The minimum atomic E-state index is -1.24. The number of amides is 2. The van der Waals surface area contributed by atoms with Crippen LogP contribution in [-0.2, 0) is 19.1 Å². The van der Waals surface area contributed by atoms with Crippen LogP contribution >= 0.6 is 0 Å². The van der Waals surface area contributed by atoms with Crippen molar-refractivity contribution in [3.05, 3.63) is 59.7 Å². The molecule has 4 rings (SSSR count). The zero-order valence-corrected chi connectivity index (χ0v) is 20.4. The lowest BCUT2D eigenvalue weighted by atomic mass is 9.90. The van der Waals surface area contributed by atoms with Gasteiger partial charge in [-0.3, -0.25) is 4.79 Å². The molecule has 2 aromatic carbocycles. The number of nitrogens with one attached hydrogen (secondary N) is 1. The lowest BCUT2D eigenvalue weighted by molar-refractivity contribution is -0.170. The number of fused-ring (bicyclic) bond motifs is 3. The highest BCUT2D eigenvalue weighted by molar-refractivity contribution is 5.81. The largest absolute Gasteiger partial charge is 0.479 e. The van der Waals surface area contributed by atoms with E-state index in [4.69, 9.17) is 9.47 Å². The summed E-state index contributed by atoms with van der Waals surface area (Å²) in [7, 11) is 1.38. The maximum absolute atomic E-state index is 12.9. The number of hydrogen-bond donors (Lipinski definition) is 2. The van der Waals surface area contributed by atoms with Crippen molar-refractivity contribution < 1.29 is 29.0 Å². The normalized spacial score (nSPS) is 16.8. The molecule has 0 aromatic heterocycles. The summed E-state index contributed by atoms with van der Waals surface area (Å²) in [5, 5.41) is 12.3. The molecule has 0 spiro atoms. The van der Waals surface area contributed by atoms with Gasteiger partial charge in [0.15, 0.2) is 5.60 Å². The molecule has 2 aromatic rings. The predicted octanol–water partition coefficient (Wildman–Crippen LogP) is 3.79. The number of carboxylic acid groups (broad SMARTS) is 1. The topological polar surface area (TPSA) is 105 Å². The molecular formula is C27H32N2O6. The maximum Gasteiger partial charge on any atom is 0.407 e. The van der Waals surface area contributed by atoms with Crippen molar-refractivity contribution in [3.63, 3.8) is 0 Å². The summed E-state index contributed by atoms with van der Waals surface area (Å²) >= 11 is 0. The first-order chi connectivity index (χ1) is 16.7. The Labute approximate surface area is 205 Å². The van der Waals surface area contributed by atoms with Gasteiger partial charge in [-0.25, -0.2) is 9.59 Å². The molecule has 2 amide bonds. The lowest BCUT2D eigenvalue weighted by Crippen LogP contribution is -2.54. The highest BCUT2D eigenvalue weighted by atomic mass is 16.5. The van der Waals surface area contributed by atoms with Gasteiger partial charge in [-0.05, 0) is 36.1 Å². The molecule has 2 aliphatic rings. The Kier molecular flexibility index (Phi) is 6.85. The molecule has 0 unspecified atom stereocenters. The SMILES string of the molecule is COC1(C(=O)O)CCN(C(=O)CC(C)(C)NC(=O)OCC2c3ccccc3-c3ccccc32)CC1. The van der Waals surface area contributed by atoms with Gasteiger partial charge in [0.2, 0.25) is 5.91 Å². The molecule has 1 aliphatic heterocycles. The number of nitrogens with zero attached hydrogens (tertiary/aromatic N) is 1. The van der Waals surface area contributed by atoms with Crippen LogP contribution in [-0.4, -0.2) is 65.9 Å². The molecule has 186 valence electrons. The van der Waals surface area contributed by atoms with Crippen molar-refractivity contribution in [2.45, 2.75) is 50.2 Å². The highest BCUT2D eigenvalue weighted by Gasteiger charge is 2.43. The van der Waals surface area contributed by atoms with Gasteiger partial charge in [0.1, 0.15) is 6.61 Å². The molecule has 0 bridgehead atoms. The number of carbonyl (C=O) groups excluding carboxylic acids is 2. The van der Waals surface area contributed by atoms with Crippen LogP contribution < -0.4 is 5.32 Å². The molecule has 1 fully saturated rings. The molecule has 8 nitrogen and oxygen atoms in total. The molecule has 35 heavy (non-hydrogen) atoms. The van der Waals surface area contributed by atoms with E-state index in [1.165, 1.54) is 7.11 Å². The number of rotatable bonds is 7. The minimum Gasteiger partial charge on any atom is -0.479 e. The number of hydrogen-bond acceptors (Lipinski definition) is 5. The fourth-order valence-corrected chi connectivity index (χ4v) is 5.07. The first kappa shape index (κ1) is 24.7. The van der Waals surface area contributed by atoms with E-state index < -0.39 is 23.2 Å². The van der Waals surface area contributed by atoms with Gasteiger partial charge < -0.3 is 24.8 Å². The average Bonchev–Trinajstić information content (AvgIpc) is 3.15. The van der Waals surface area contributed by atoms with E-state index in [-0.39, 0.29) is 37.7 Å². The summed E-state index contributed by atoms with van der Waals surface area (Å²) in [4.78, 5) is 38.7. The summed E-state index contributed by atoms with van der Waals surface area (Å²) in [6.07, 6.45) is -0.0487. The summed E-state index contributed by atoms with van der Waals surface area (Å²) in [5.41, 5.74) is 2.51. The first-order valence-corrected chi connectivity index (χ1v) is 11.9. The number of carbonyl (C=O) groups is 3. The van der Waals surface area contributed by atoms with E-state index >= 15 is 0 Å². The van der Waals surface area contributed by atoms with Crippen molar-refractivity contribution in [2.24, 2.45) is 0 Å². The van der Waals surface area contributed by atoms with Crippen LogP contribution in [0.15, 0.2) is 48.5 Å². The van der Waals surface area contributed by atoms with Crippen LogP contribution in [0.3, 0.4) is 0 Å². The molecule has 1 saturated heterocycles. The molecule has 8 heteroatoms. The van der Waals surface area contributed by atoms with E-state index in [2.05, 4.69) is 29.6 Å². The monoisotopic (exact) mass is 480 g/mol. The summed E-state index contributed by atoms with van der Waals surface area (Å²) in [6, 6.07) is 16.3. The van der Waals surface area contributed by atoms with Crippen molar-refractivity contribution in [1.29, 1.82) is 0 Å². The minimum absolute atomic E-state index is 0.0402. The van der Waals surface area contributed by atoms with E-state index in [0.29, 0.717) is 13.1 Å². The average molecular weight is 481 g/mol. The Morgan fingerprint density at radius 1 is 1.03 bits per heavy atom. The van der Waals surface area contributed by atoms with Gasteiger partial charge in [-0.15, -0.1) is 0 Å². The van der Waals surface area contributed by atoms with Crippen LogP contribution in [0.2, 0.25) is 0 Å². The Morgan fingerprint density at radius 2 is 1.57 bits per heavy atom. The number of alkyl carbamates (subject to hydrolysis) is 1. The maximum atomic E-state index is 12.9. The number of aliphatic carboxylic acids is 1. The van der Waals surface area contributed by atoms with Crippen LogP contribution in [0, 0.1) is 0 Å². The molecule has 0 saturated carbocycles. The van der Waals surface area contributed by atoms with Gasteiger partial charge in [-0.1, -0.05) is 48.5 Å². The Balaban J connectivity index is 1.32. The van der Waals surface area contributed by atoms with Crippen molar-refractivity contribution in [1.82, 2.24) is 10.2 Å². The van der Waals surface area contributed by atoms with Gasteiger partial charge in [0, 0.05) is 50.9 Å². The molecule has 1 aliphatic carbocycles. The van der Waals surface area contributed by atoms with Crippen molar-refractivity contribution >= 4 is 18.0 Å². The zero-order valence-electron chi connectivity index (χ0n) is 20.4. The second kappa shape index (κ2) is 9.70. The van der Waals surface area contributed by atoms with E-state index in [0.717, 1.165) is 22.3 Å². The standard InChI is InChI=1S/C27H32N2O6/c1-26(2,16-23(30)29-14-12-27(34-3,13-15-29)24(31)32)28-25(33)35-17-22-20-10-6-4-8-18(20)19-9-5-7-11-21(19)22/h4-11,22H,12-17H2,1-3H3,(H,28,33)(H,31,32). The number of piperidine rings is 1. The lowest BCUT2D eigenvalue weighted by Gasteiger charge is -2.39. The second-order valence-electron chi connectivity index (χ2n) is 9.90. The van der Waals surface area contributed by atoms with Gasteiger partial charge >= 0.3 is 12.1 Å². The number of methoxy groups -OCH3 is 1. The second-order valence-corrected chi connectivity index (χ2v) is 9.90. The van der Waals surface area contributed by atoms with Crippen molar-refractivity contribution in [2.75, 3.05) is 26.8 Å². The van der Waals surface area contributed by atoms with Crippen LogP contribution in [0.25, 0.3) is 11.1 Å². The van der Waals surface area contributed by atoms with Gasteiger partial charge in [0.05, 0.1) is 0 Å². The van der Waals surface area contributed by atoms with Crippen molar-refractivity contribution in [3.8, 4) is 11.1 Å². The first-order valence-electron chi connectivity index (χ1n) is 11.9. The number of ether oxygens (including phenoxy) is 2. The smallest absolute Gasteiger partial charge is 0.407 e. The molecular weight excluding hydrogens is 448 g/mol.